The number of likely N-dealkylation sites (tertiary alicyclic amines) is 1. The minimum atomic E-state index is -0.277. The number of halogens is 1. The van der Waals surface area contributed by atoms with Crippen LogP contribution >= 0.6 is 0 Å². The van der Waals surface area contributed by atoms with Crippen LogP contribution in [0.5, 0.6) is 0 Å². The standard InChI is InChI=1S/C16H19FN4O2/c1-10-7-15(12-5-3-4-6-13(12)17)21(9-10)16(22)18-8-14-11(2)19-23-20-14/h3-6,10,15H,7-9H2,1-2H3,(H,18,22). The number of benzene rings is 1. The van der Waals surface area contributed by atoms with Gasteiger partial charge in [-0.15, -0.1) is 0 Å². The van der Waals surface area contributed by atoms with E-state index in [1.807, 2.05) is 0 Å². The van der Waals surface area contributed by atoms with Gasteiger partial charge >= 0.3 is 6.03 Å². The average molecular weight is 318 g/mol. The van der Waals surface area contributed by atoms with Crippen molar-refractivity contribution in [2.24, 2.45) is 5.92 Å². The van der Waals surface area contributed by atoms with E-state index in [2.05, 4.69) is 27.2 Å². The van der Waals surface area contributed by atoms with Crippen LogP contribution in [0.25, 0.3) is 0 Å². The molecule has 2 heterocycles. The Morgan fingerprint density at radius 3 is 2.91 bits per heavy atom. The van der Waals surface area contributed by atoms with Crippen LogP contribution in [0.15, 0.2) is 28.9 Å². The van der Waals surface area contributed by atoms with E-state index in [0.717, 1.165) is 6.42 Å². The van der Waals surface area contributed by atoms with E-state index in [-0.39, 0.29) is 24.4 Å². The first-order valence-electron chi connectivity index (χ1n) is 7.63. The molecular formula is C16H19FN4O2. The molecule has 0 bridgehead atoms. The molecule has 7 heteroatoms. The summed E-state index contributed by atoms with van der Waals surface area (Å²) in [6.07, 6.45) is 0.749. The van der Waals surface area contributed by atoms with Crippen LogP contribution in [0.2, 0.25) is 0 Å². The topological polar surface area (TPSA) is 71.3 Å². The third-order valence-electron chi connectivity index (χ3n) is 4.19. The minimum Gasteiger partial charge on any atom is -0.332 e. The highest BCUT2D eigenvalue weighted by atomic mass is 19.1. The van der Waals surface area contributed by atoms with E-state index in [1.165, 1.54) is 6.07 Å². The molecule has 3 rings (SSSR count). The number of carbonyl (C=O) groups is 1. The van der Waals surface area contributed by atoms with Gasteiger partial charge in [0.05, 0.1) is 12.6 Å². The van der Waals surface area contributed by atoms with Crippen molar-refractivity contribution in [1.82, 2.24) is 20.5 Å². The zero-order chi connectivity index (χ0) is 16.4. The summed E-state index contributed by atoms with van der Waals surface area (Å²) in [5, 5.41) is 10.2. The number of rotatable bonds is 3. The molecule has 0 radical (unpaired) electrons. The summed E-state index contributed by atoms with van der Waals surface area (Å²) in [5.41, 5.74) is 1.80. The van der Waals surface area contributed by atoms with Gasteiger partial charge in [-0.1, -0.05) is 35.4 Å². The normalized spacial score (nSPS) is 20.7. The lowest BCUT2D eigenvalue weighted by Gasteiger charge is -2.25. The van der Waals surface area contributed by atoms with E-state index in [4.69, 9.17) is 0 Å². The zero-order valence-corrected chi connectivity index (χ0v) is 13.1. The fourth-order valence-electron chi connectivity index (χ4n) is 2.98. The number of urea groups is 1. The van der Waals surface area contributed by atoms with Gasteiger partial charge in [0, 0.05) is 12.1 Å². The quantitative estimate of drug-likeness (QED) is 0.944. The first-order chi connectivity index (χ1) is 11.1. The summed E-state index contributed by atoms with van der Waals surface area (Å²) in [5.74, 6) is 0.0433. The molecule has 0 saturated carbocycles. The smallest absolute Gasteiger partial charge is 0.318 e. The van der Waals surface area contributed by atoms with Crippen molar-refractivity contribution in [2.45, 2.75) is 32.9 Å². The fraction of sp³-hybridized carbons (Fsp3) is 0.438. The van der Waals surface area contributed by atoms with Crippen LogP contribution in [0.1, 0.15) is 36.3 Å². The summed E-state index contributed by atoms with van der Waals surface area (Å²) in [6.45, 7) is 4.66. The molecular weight excluding hydrogens is 299 g/mol. The van der Waals surface area contributed by atoms with Gasteiger partial charge in [-0.2, -0.15) is 0 Å². The molecule has 2 unspecified atom stereocenters. The number of aryl methyl sites for hydroxylation is 1. The summed E-state index contributed by atoms with van der Waals surface area (Å²) >= 11 is 0. The van der Waals surface area contributed by atoms with Crippen LogP contribution < -0.4 is 5.32 Å². The minimum absolute atomic E-state index is 0.231. The third-order valence-corrected chi connectivity index (χ3v) is 4.19. The first kappa shape index (κ1) is 15.5. The van der Waals surface area contributed by atoms with Crippen molar-refractivity contribution in [3.8, 4) is 0 Å². The maximum Gasteiger partial charge on any atom is 0.318 e. The molecule has 1 aliphatic rings. The van der Waals surface area contributed by atoms with Crippen molar-refractivity contribution in [1.29, 1.82) is 0 Å². The number of hydrogen-bond acceptors (Lipinski definition) is 4. The van der Waals surface area contributed by atoms with Gasteiger partial charge in [0.2, 0.25) is 0 Å². The van der Waals surface area contributed by atoms with Crippen molar-refractivity contribution in [2.75, 3.05) is 6.54 Å². The molecule has 2 aromatic rings. The van der Waals surface area contributed by atoms with Crippen molar-refractivity contribution < 1.29 is 13.8 Å². The van der Waals surface area contributed by atoms with Gasteiger partial charge in [-0.3, -0.25) is 0 Å². The Kier molecular flexibility index (Phi) is 4.27. The Morgan fingerprint density at radius 1 is 1.43 bits per heavy atom. The summed E-state index contributed by atoms with van der Waals surface area (Å²) < 4.78 is 18.7. The molecule has 1 saturated heterocycles. The van der Waals surface area contributed by atoms with Crippen LogP contribution in [-0.2, 0) is 6.54 Å². The SMILES string of the molecule is Cc1nonc1CNC(=O)N1CC(C)CC1c1ccccc1F. The Labute approximate surface area is 133 Å². The summed E-state index contributed by atoms with van der Waals surface area (Å²) in [7, 11) is 0. The molecule has 122 valence electrons. The number of hydrogen-bond donors (Lipinski definition) is 1. The molecule has 1 aromatic heterocycles. The molecule has 0 aliphatic carbocycles. The maximum absolute atomic E-state index is 14.1. The Hall–Kier alpha value is -2.44. The van der Waals surface area contributed by atoms with E-state index < -0.39 is 0 Å². The monoisotopic (exact) mass is 318 g/mol. The number of aromatic nitrogens is 2. The van der Waals surface area contributed by atoms with E-state index in [0.29, 0.717) is 29.4 Å². The number of nitrogens with one attached hydrogen (secondary N) is 1. The zero-order valence-electron chi connectivity index (χ0n) is 13.1. The van der Waals surface area contributed by atoms with Crippen LogP contribution in [-0.4, -0.2) is 27.8 Å². The average Bonchev–Trinajstić information content (AvgIpc) is 3.11. The van der Waals surface area contributed by atoms with E-state index in [1.54, 1.807) is 30.0 Å². The van der Waals surface area contributed by atoms with E-state index in [9.17, 15) is 9.18 Å². The van der Waals surface area contributed by atoms with Crippen molar-refractivity contribution in [3.05, 3.63) is 47.0 Å². The molecule has 2 amide bonds. The maximum atomic E-state index is 14.1. The molecule has 1 N–H and O–H groups in total. The summed E-state index contributed by atoms with van der Waals surface area (Å²) in [4.78, 5) is 14.2. The van der Waals surface area contributed by atoms with Gasteiger partial charge in [0.15, 0.2) is 0 Å². The van der Waals surface area contributed by atoms with Crippen LogP contribution in [0.4, 0.5) is 9.18 Å². The first-order valence-corrected chi connectivity index (χ1v) is 7.63. The lowest BCUT2D eigenvalue weighted by Crippen LogP contribution is -2.39. The molecule has 23 heavy (non-hydrogen) atoms. The van der Waals surface area contributed by atoms with Crippen LogP contribution in [0, 0.1) is 18.7 Å². The van der Waals surface area contributed by atoms with Crippen molar-refractivity contribution >= 4 is 6.03 Å². The largest absolute Gasteiger partial charge is 0.332 e. The fourth-order valence-corrected chi connectivity index (χ4v) is 2.98. The molecule has 2 atom stereocenters. The Morgan fingerprint density at radius 2 is 2.22 bits per heavy atom. The van der Waals surface area contributed by atoms with Gasteiger partial charge in [-0.25, -0.2) is 13.8 Å². The molecule has 1 fully saturated rings. The predicted molar refractivity (Wildman–Crippen MR) is 80.9 cm³/mol. The van der Waals surface area contributed by atoms with Gasteiger partial charge in [0.25, 0.3) is 0 Å². The van der Waals surface area contributed by atoms with Crippen molar-refractivity contribution in [3.63, 3.8) is 0 Å². The second-order valence-electron chi connectivity index (χ2n) is 5.99. The second kappa shape index (κ2) is 6.36. The van der Waals surface area contributed by atoms with Gasteiger partial charge in [-0.05, 0) is 25.3 Å². The highest BCUT2D eigenvalue weighted by molar-refractivity contribution is 5.75. The van der Waals surface area contributed by atoms with Gasteiger partial charge in [0.1, 0.15) is 17.2 Å². The molecule has 1 aliphatic heterocycles. The highest BCUT2D eigenvalue weighted by Crippen LogP contribution is 2.36. The third kappa shape index (κ3) is 3.18. The molecule has 1 aromatic carbocycles. The predicted octanol–water partition coefficient (Wildman–Crippen LogP) is 2.81. The number of amides is 2. The van der Waals surface area contributed by atoms with Gasteiger partial charge < -0.3 is 10.2 Å². The molecule has 0 spiro atoms. The molecule has 6 nitrogen and oxygen atoms in total. The lowest BCUT2D eigenvalue weighted by molar-refractivity contribution is 0.190. The van der Waals surface area contributed by atoms with E-state index >= 15 is 0 Å². The number of nitrogens with zero attached hydrogens (tertiary/aromatic N) is 3. The Balaban J connectivity index is 1.73. The summed E-state index contributed by atoms with van der Waals surface area (Å²) in [6, 6.07) is 6.14. The number of carbonyl (C=O) groups excluding carboxylic acids is 1. The second-order valence-corrected chi connectivity index (χ2v) is 5.99. The van der Waals surface area contributed by atoms with Crippen LogP contribution in [0.3, 0.4) is 0 Å². The Bertz CT molecular complexity index is 703. The lowest BCUT2D eigenvalue weighted by atomic mass is 10.0. The highest BCUT2D eigenvalue weighted by Gasteiger charge is 2.35.